The van der Waals surface area contributed by atoms with E-state index in [-0.39, 0.29) is 5.91 Å². The zero-order chi connectivity index (χ0) is 16.8. The summed E-state index contributed by atoms with van der Waals surface area (Å²) in [7, 11) is 0. The van der Waals surface area contributed by atoms with Crippen LogP contribution in [0.3, 0.4) is 0 Å². The average molecular weight is 329 g/mol. The summed E-state index contributed by atoms with van der Waals surface area (Å²) in [6.07, 6.45) is 10.2. The predicted molar refractivity (Wildman–Crippen MR) is 99.4 cm³/mol. The summed E-state index contributed by atoms with van der Waals surface area (Å²) < 4.78 is 0. The molecule has 0 N–H and O–H groups in total. The summed E-state index contributed by atoms with van der Waals surface area (Å²) in [4.78, 5) is 17.8. The molecule has 0 unspecified atom stereocenters. The fourth-order valence-corrected chi connectivity index (χ4v) is 4.20. The van der Waals surface area contributed by atoms with Gasteiger partial charge in [0.25, 0.3) is 5.91 Å². The number of amides is 1. The van der Waals surface area contributed by atoms with Crippen LogP contribution in [0.2, 0.25) is 0 Å². The highest BCUT2D eigenvalue weighted by molar-refractivity contribution is 5.94. The molecule has 132 valence electrons. The second kappa shape index (κ2) is 8.66. The Hall–Kier alpha value is -1.35. The average Bonchev–Trinajstić information content (AvgIpc) is 2.88. The molecule has 0 spiro atoms. The van der Waals surface area contributed by atoms with Gasteiger partial charge in [0, 0.05) is 24.7 Å². The van der Waals surface area contributed by atoms with Crippen LogP contribution in [-0.2, 0) is 0 Å². The second-order valence-electron chi connectivity index (χ2n) is 7.56. The van der Waals surface area contributed by atoms with Gasteiger partial charge in [0.15, 0.2) is 0 Å². The van der Waals surface area contributed by atoms with Crippen molar-refractivity contribution in [2.75, 3.05) is 26.2 Å². The van der Waals surface area contributed by atoms with Crippen molar-refractivity contribution in [1.82, 2.24) is 9.80 Å². The molecule has 2 aliphatic heterocycles. The summed E-state index contributed by atoms with van der Waals surface area (Å²) in [5.41, 5.74) is 2.02. The summed E-state index contributed by atoms with van der Waals surface area (Å²) in [6, 6.07) is 8.48. The topological polar surface area (TPSA) is 23.6 Å². The fraction of sp³-hybridized carbons (Fsp3) is 0.667. The fourth-order valence-electron chi connectivity index (χ4n) is 4.20. The first-order chi connectivity index (χ1) is 11.7. The number of hydrogen-bond acceptors (Lipinski definition) is 2. The van der Waals surface area contributed by atoms with Gasteiger partial charge < -0.3 is 9.80 Å². The first-order valence-electron chi connectivity index (χ1n) is 9.84. The van der Waals surface area contributed by atoms with E-state index >= 15 is 0 Å². The van der Waals surface area contributed by atoms with E-state index in [0.717, 1.165) is 31.5 Å². The number of hydrogen-bond donors (Lipinski definition) is 0. The molecule has 0 radical (unpaired) electrons. The van der Waals surface area contributed by atoms with Crippen LogP contribution >= 0.6 is 0 Å². The Morgan fingerprint density at radius 1 is 1.04 bits per heavy atom. The van der Waals surface area contributed by atoms with Crippen LogP contribution in [0.15, 0.2) is 24.3 Å². The van der Waals surface area contributed by atoms with E-state index in [1.54, 1.807) is 0 Å². The maximum Gasteiger partial charge on any atom is 0.254 e. The summed E-state index contributed by atoms with van der Waals surface area (Å²) >= 11 is 0. The maximum absolute atomic E-state index is 13.0. The van der Waals surface area contributed by atoms with Crippen molar-refractivity contribution >= 4 is 5.91 Å². The third kappa shape index (κ3) is 4.60. The molecule has 1 aromatic rings. The van der Waals surface area contributed by atoms with Gasteiger partial charge in [0.2, 0.25) is 0 Å². The van der Waals surface area contributed by atoms with Crippen LogP contribution in [0.1, 0.15) is 67.3 Å². The molecule has 2 fully saturated rings. The third-order valence-corrected chi connectivity index (χ3v) is 5.63. The second-order valence-corrected chi connectivity index (χ2v) is 7.56. The van der Waals surface area contributed by atoms with Crippen LogP contribution < -0.4 is 0 Å². The molecule has 0 aromatic heterocycles. The van der Waals surface area contributed by atoms with E-state index in [2.05, 4.69) is 22.8 Å². The molecule has 1 aromatic carbocycles. The van der Waals surface area contributed by atoms with Crippen LogP contribution in [0.4, 0.5) is 0 Å². The lowest BCUT2D eigenvalue weighted by molar-refractivity contribution is 0.0584. The first-order valence-corrected chi connectivity index (χ1v) is 9.84. The van der Waals surface area contributed by atoms with Gasteiger partial charge in [-0.1, -0.05) is 30.5 Å². The number of likely N-dealkylation sites (tertiary alicyclic amines) is 2. The number of carbonyl (C=O) groups is 1. The Balaban J connectivity index is 1.61. The van der Waals surface area contributed by atoms with Crippen molar-refractivity contribution in [2.45, 2.75) is 64.3 Å². The Morgan fingerprint density at radius 3 is 2.54 bits per heavy atom. The molecule has 3 heteroatoms. The molecule has 3 rings (SSSR count). The van der Waals surface area contributed by atoms with Crippen molar-refractivity contribution in [3.63, 3.8) is 0 Å². The number of benzene rings is 1. The van der Waals surface area contributed by atoms with Crippen molar-refractivity contribution in [3.05, 3.63) is 35.4 Å². The highest BCUT2D eigenvalue weighted by Crippen LogP contribution is 2.23. The van der Waals surface area contributed by atoms with Gasteiger partial charge in [-0.25, -0.2) is 0 Å². The van der Waals surface area contributed by atoms with Gasteiger partial charge in [0.1, 0.15) is 0 Å². The Kier molecular flexibility index (Phi) is 6.30. The van der Waals surface area contributed by atoms with Gasteiger partial charge in [-0.15, -0.1) is 0 Å². The molecule has 1 amide bonds. The molecule has 24 heavy (non-hydrogen) atoms. The Bertz CT molecular complexity index is 534. The van der Waals surface area contributed by atoms with Crippen LogP contribution in [0.25, 0.3) is 0 Å². The molecule has 2 aliphatic rings. The lowest BCUT2D eigenvalue weighted by atomic mass is 9.97. The zero-order valence-corrected chi connectivity index (χ0v) is 15.2. The van der Waals surface area contributed by atoms with E-state index in [1.165, 1.54) is 57.2 Å². The third-order valence-electron chi connectivity index (χ3n) is 5.63. The Morgan fingerprint density at radius 2 is 1.79 bits per heavy atom. The van der Waals surface area contributed by atoms with E-state index < -0.39 is 0 Å². The van der Waals surface area contributed by atoms with E-state index in [9.17, 15) is 4.79 Å². The van der Waals surface area contributed by atoms with Crippen molar-refractivity contribution in [3.8, 4) is 0 Å². The highest BCUT2D eigenvalue weighted by Gasteiger charge is 2.27. The van der Waals surface area contributed by atoms with E-state index in [0.29, 0.717) is 6.04 Å². The minimum atomic E-state index is 0.235. The number of piperidine rings is 1. The van der Waals surface area contributed by atoms with Gasteiger partial charge in [-0.05, 0) is 70.7 Å². The lowest BCUT2D eigenvalue weighted by Crippen LogP contribution is -2.45. The van der Waals surface area contributed by atoms with Crippen LogP contribution in [0.5, 0.6) is 0 Å². The van der Waals surface area contributed by atoms with E-state index in [1.807, 2.05) is 18.2 Å². The predicted octanol–water partition coefficient (Wildman–Crippen LogP) is 4.26. The van der Waals surface area contributed by atoms with Gasteiger partial charge in [-0.2, -0.15) is 0 Å². The maximum atomic E-state index is 13.0. The number of carbonyl (C=O) groups excluding carboxylic acids is 1. The monoisotopic (exact) mass is 328 g/mol. The van der Waals surface area contributed by atoms with Gasteiger partial charge in [0.05, 0.1) is 0 Å². The molecular weight excluding hydrogens is 296 g/mol. The number of nitrogens with zero attached hydrogens (tertiary/aromatic N) is 2. The first kappa shape index (κ1) is 17.5. The minimum Gasteiger partial charge on any atom is -0.336 e. The molecule has 0 saturated carbocycles. The van der Waals surface area contributed by atoms with Crippen LogP contribution in [0, 0.1) is 6.92 Å². The van der Waals surface area contributed by atoms with Crippen molar-refractivity contribution < 1.29 is 4.79 Å². The van der Waals surface area contributed by atoms with Gasteiger partial charge >= 0.3 is 0 Å². The largest absolute Gasteiger partial charge is 0.336 e. The standard InChI is InChI=1S/C21H32N2O/c1-18-9-8-10-19(17-18)21(24)23-15-7-4-11-20(23)12-16-22-13-5-2-3-6-14-22/h8-10,17,20H,2-7,11-16H2,1H3/t20-/m0/s1. The smallest absolute Gasteiger partial charge is 0.254 e. The number of rotatable bonds is 4. The van der Waals surface area contributed by atoms with Crippen molar-refractivity contribution in [1.29, 1.82) is 0 Å². The summed E-state index contributed by atoms with van der Waals surface area (Å²) in [5, 5.41) is 0. The molecule has 0 aliphatic carbocycles. The highest BCUT2D eigenvalue weighted by atomic mass is 16.2. The number of aryl methyl sites for hydroxylation is 1. The molecule has 2 saturated heterocycles. The zero-order valence-electron chi connectivity index (χ0n) is 15.2. The summed E-state index contributed by atoms with van der Waals surface area (Å²) in [6.45, 7) is 6.64. The Labute approximate surface area is 147 Å². The molecular formula is C21H32N2O. The molecule has 0 bridgehead atoms. The SMILES string of the molecule is Cc1cccc(C(=O)N2CCCC[C@H]2CCN2CCCCCC2)c1. The van der Waals surface area contributed by atoms with Gasteiger partial charge in [-0.3, -0.25) is 4.79 Å². The van der Waals surface area contributed by atoms with E-state index in [4.69, 9.17) is 0 Å². The molecule has 2 heterocycles. The van der Waals surface area contributed by atoms with Crippen molar-refractivity contribution in [2.24, 2.45) is 0 Å². The van der Waals surface area contributed by atoms with Crippen LogP contribution in [-0.4, -0.2) is 47.9 Å². The quantitative estimate of drug-likeness (QED) is 0.824. The summed E-state index contributed by atoms with van der Waals surface area (Å²) in [5.74, 6) is 0.235. The molecule has 1 atom stereocenters. The lowest BCUT2D eigenvalue weighted by Gasteiger charge is -2.37. The normalized spacial score (nSPS) is 23.0. The molecule has 3 nitrogen and oxygen atoms in total. The minimum absolute atomic E-state index is 0.235.